The van der Waals surface area contributed by atoms with Crippen molar-refractivity contribution in [1.82, 2.24) is 0 Å². The molecule has 0 aromatic carbocycles. The fourth-order valence-electron chi connectivity index (χ4n) is 5.37. The largest absolute Gasteiger partial charge is 0.382 e. The molecule has 0 bridgehead atoms. The highest BCUT2D eigenvalue weighted by atomic mass is 16.7. The molecule has 1 rings (SSSR count). The Balaban J connectivity index is 2.18. The zero-order valence-electron chi connectivity index (χ0n) is 25.5. The van der Waals surface area contributed by atoms with Gasteiger partial charge < -0.3 is 32.9 Å². The van der Waals surface area contributed by atoms with Crippen LogP contribution in [-0.4, -0.2) is 104 Å². The average molecular weight is 533 g/mol. The SMILES string of the molecule is CCCCCCCCCCCCCCCC[N+](C)(C)CCOC1OC(COC)C(OC)C(OC)C1OC. The molecule has 5 atom stereocenters. The van der Waals surface area contributed by atoms with E-state index in [-0.39, 0.29) is 24.4 Å². The normalized spacial score (nSPS) is 24.6. The molecular formula is C30H62NO6+. The third-order valence-electron chi connectivity index (χ3n) is 7.83. The number of hydrogen-bond acceptors (Lipinski definition) is 6. The predicted octanol–water partition coefficient (Wildman–Crippen LogP) is 5.98. The zero-order valence-corrected chi connectivity index (χ0v) is 25.5. The monoisotopic (exact) mass is 532 g/mol. The van der Waals surface area contributed by atoms with E-state index in [9.17, 15) is 0 Å². The van der Waals surface area contributed by atoms with Crippen molar-refractivity contribution in [3.63, 3.8) is 0 Å². The molecule has 7 nitrogen and oxygen atoms in total. The number of unbranched alkanes of at least 4 members (excludes halogenated alkanes) is 13. The van der Waals surface area contributed by atoms with Gasteiger partial charge in [-0.25, -0.2) is 0 Å². The summed E-state index contributed by atoms with van der Waals surface area (Å²) in [5.74, 6) is 0. The minimum atomic E-state index is -0.512. The summed E-state index contributed by atoms with van der Waals surface area (Å²) < 4.78 is 35.7. The minimum Gasteiger partial charge on any atom is -0.382 e. The van der Waals surface area contributed by atoms with Gasteiger partial charge >= 0.3 is 0 Å². The summed E-state index contributed by atoms with van der Waals surface area (Å²) in [4.78, 5) is 0. The molecule has 0 spiro atoms. The van der Waals surface area contributed by atoms with Crippen LogP contribution in [0.5, 0.6) is 0 Å². The lowest BCUT2D eigenvalue weighted by molar-refractivity contribution is -0.891. The first-order chi connectivity index (χ1) is 17.9. The van der Waals surface area contributed by atoms with Gasteiger partial charge in [-0.2, -0.15) is 0 Å². The lowest BCUT2D eigenvalue weighted by atomic mass is 9.98. The van der Waals surface area contributed by atoms with Gasteiger partial charge in [-0.05, 0) is 12.8 Å². The lowest BCUT2D eigenvalue weighted by Gasteiger charge is -2.44. The van der Waals surface area contributed by atoms with E-state index >= 15 is 0 Å². The third-order valence-corrected chi connectivity index (χ3v) is 7.83. The van der Waals surface area contributed by atoms with Gasteiger partial charge in [0.2, 0.25) is 0 Å². The topological polar surface area (TPSA) is 55.4 Å². The smallest absolute Gasteiger partial charge is 0.187 e. The fourth-order valence-corrected chi connectivity index (χ4v) is 5.37. The highest BCUT2D eigenvalue weighted by Crippen LogP contribution is 2.28. The van der Waals surface area contributed by atoms with Crippen molar-refractivity contribution in [2.75, 3.05) is 68.8 Å². The van der Waals surface area contributed by atoms with Crippen LogP contribution in [0.15, 0.2) is 0 Å². The van der Waals surface area contributed by atoms with E-state index in [0.717, 1.165) is 11.0 Å². The van der Waals surface area contributed by atoms with Crippen LogP contribution >= 0.6 is 0 Å². The molecule has 222 valence electrons. The standard InChI is InChI=1S/C30H62NO6/c1-8-9-10-11-12-13-14-15-16-17-18-19-20-21-22-31(2,3)23-24-36-30-29(35-7)28(34-6)27(33-5)26(37-30)25-32-4/h26-30H,8-25H2,1-7H3/q+1. The summed E-state index contributed by atoms with van der Waals surface area (Å²) >= 11 is 0. The number of ether oxygens (including phenoxy) is 6. The van der Waals surface area contributed by atoms with Gasteiger partial charge in [0.25, 0.3) is 0 Å². The zero-order chi connectivity index (χ0) is 27.4. The summed E-state index contributed by atoms with van der Waals surface area (Å²) in [5.41, 5.74) is 0. The summed E-state index contributed by atoms with van der Waals surface area (Å²) in [6, 6.07) is 0. The third kappa shape index (κ3) is 14.6. The molecule has 1 heterocycles. The average Bonchev–Trinajstić information content (AvgIpc) is 2.88. The molecule has 7 heteroatoms. The van der Waals surface area contributed by atoms with Gasteiger partial charge in [-0.15, -0.1) is 0 Å². The van der Waals surface area contributed by atoms with Gasteiger partial charge in [-0.1, -0.05) is 84.0 Å². The van der Waals surface area contributed by atoms with E-state index in [4.69, 9.17) is 28.4 Å². The van der Waals surface area contributed by atoms with Gasteiger partial charge in [0.1, 0.15) is 31.0 Å². The van der Waals surface area contributed by atoms with Crippen LogP contribution in [0.3, 0.4) is 0 Å². The quantitative estimate of drug-likeness (QED) is 0.113. The van der Waals surface area contributed by atoms with Crippen molar-refractivity contribution in [2.45, 2.75) is 128 Å². The van der Waals surface area contributed by atoms with Crippen LogP contribution in [0.2, 0.25) is 0 Å². The van der Waals surface area contributed by atoms with Crippen LogP contribution in [0, 0.1) is 0 Å². The number of quaternary nitrogens is 1. The molecular weight excluding hydrogens is 470 g/mol. The number of hydrogen-bond donors (Lipinski definition) is 0. The maximum absolute atomic E-state index is 6.19. The fraction of sp³-hybridized carbons (Fsp3) is 1.00. The summed E-state index contributed by atoms with van der Waals surface area (Å²) in [6.07, 6.45) is 17.8. The molecule has 1 fully saturated rings. The maximum atomic E-state index is 6.19. The van der Waals surface area contributed by atoms with E-state index in [1.165, 1.54) is 96.4 Å². The molecule has 1 saturated heterocycles. The highest BCUT2D eigenvalue weighted by molar-refractivity contribution is 4.92. The Hall–Kier alpha value is -0.280. The van der Waals surface area contributed by atoms with Crippen LogP contribution < -0.4 is 0 Å². The first kappa shape index (κ1) is 34.7. The molecule has 1 aliphatic heterocycles. The van der Waals surface area contributed by atoms with E-state index in [1.807, 2.05) is 0 Å². The van der Waals surface area contributed by atoms with Crippen LogP contribution in [-0.2, 0) is 28.4 Å². The molecule has 0 saturated carbocycles. The number of nitrogens with zero attached hydrogens (tertiary/aromatic N) is 1. The van der Waals surface area contributed by atoms with Crippen molar-refractivity contribution in [2.24, 2.45) is 0 Å². The molecule has 37 heavy (non-hydrogen) atoms. The van der Waals surface area contributed by atoms with Crippen molar-refractivity contribution >= 4 is 0 Å². The Kier molecular flexibility index (Phi) is 20.2. The molecule has 0 aliphatic carbocycles. The van der Waals surface area contributed by atoms with Crippen LogP contribution in [0.1, 0.15) is 96.8 Å². The molecule has 0 aromatic rings. The highest BCUT2D eigenvalue weighted by Gasteiger charge is 2.47. The first-order valence-electron chi connectivity index (χ1n) is 15.1. The molecule has 0 amide bonds. The van der Waals surface area contributed by atoms with E-state index in [2.05, 4.69) is 21.0 Å². The first-order valence-corrected chi connectivity index (χ1v) is 15.1. The number of likely N-dealkylation sites (N-methyl/N-ethyl adjacent to an activating group) is 1. The molecule has 0 radical (unpaired) electrons. The van der Waals surface area contributed by atoms with Crippen LogP contribution in [0.25, 0.3) is 0 Å². The van der Waals surface area contributed by atoms with E-state index < -0.39 is 6.29 Å². The Morgan fingerprint density at radius 3 is 1.54 bits per heavy atom. The molecule has 0 aromatic heterocycles. The van der Waals surface area contributed by atoms with Crippen LogP contribution in [0.4, 0.5) is 0 Å². The Labute approximate surface area is 229 Å². The summed E-state index contributed by atoms with van der Waals surface area (Å²) in [6.45, 7) is 5.39. The van der Waals surface area contributed by atoms with E-state index in [0.29, 0.717) is 13.2 Å². The number of rotatable bonds is 24. The van der Waals surface area contributed by atoms with Crippen molar-refractivity contribution in [3.8, 4) is 0 Å². The van der Waals surface area contributed by atoms with Gasteiger partial charge in [0, 0.05) is 28.4 Å². The minimum absolute atomic E-state index is 0.269. The molecule has 0 N–H and O–H groups in total. The van der Waals surface area contributed by atoms with Gasteiger partial charge in [0.15, 0.2) is 6.29 Å². The van der Waals surface area contributed by atoms with Gasteiger partial charge in [-0.3, -0.25) is 0 Å². The second-order valence-electron chi connectivity index (χ2n) is 11.4. The van der Waals surface area contributed by atoms with E-state index in [1.54, 1.807) is 28.4 Å². The maximum Gasteiger partial charge on any atom is 0.187 e. The molecule has 1 aliphatic rings. The summed E-state index contributed by atoms with van der Waals surface area (Å²) in [7, 11) is 11.2. The second kappa shape index (κ2) is 21.5. The van der Waals surface area contributed by atoms with Crippen molar-refractivity contribution in [3.05, 3.63) is 0 Å². The summed E-state index contributed by atoms with van der Waals surface area (Å²) in [5, 5.41) is 0. The Bertz CT molecular complexity index is 520. The lowest BCUT2D eigenvalue weighted by Crippen LogP contribution is -2.61. The number of methoxy groups -OCH3 is 4. The second-order valence-corrected chi connectivity index (χ2v) is 11.4. The Morgan fingerprint density at radius 2 is 1.08 bits per heavy atom. The van der Waals surface area contributed by atoms with Crippen molar-refractivity contribution < 1.29 is 32.9 Å². The van der Waals surface area contributed by atoms with Gasteiger partial charge in [0.05, 0.1) is 33.9 Å². The Morgan fingerprint density at radius 1 is 0.595 bits per heavy atom. The van der Waals surface area contributed by atoms with Crippen molar-refractivity contribution in [1.29, 1.82) is 0 Å². The predicted molar refractivity (Wildman–Crippen MR) is 151 cm³/mol. The molecule has 5 unspecified atom stereocenters.